The summed E-state index contributed by atoms with van der Waals surface area (Å²) in [5.74, 6) is -0.668. The minimum atomic E-state index is -0.167. The van der Waals surface area contributed by atoms with Gasteiger partial charge in [-0.05, 0) is 76.1 Å². The lowest BCUT2D eigenvalue weighted by molar-refractivity contribution is 0.0637. The van der Waals surface area contributed by atoms with Crippen molar-refractivity contribution in [1.82, 2.24) is 20.4 Å². The number of benzene rings is 2. The number of halogens is 1. The molecule has 9 heteroatoms. The summed E-state index contributed by atoms with van der Waals surface area (Å²) >= 11 is 0. The molecule has 2 aliphatic rings. The van der Waals surface area contributed by atoms with E-state index < -0.39 is 0 Å². The van der Waals surface area contributed by atoms with Crippen molar-refractivity contribution >= 4 is 40.6 Å². The van der Waals surface area contributed by atoms with Crippen LogP contribution in [0.5, 0.6) is 0 Å². The number of carbonyl (C=O) groups excluding carboxylic acids is 4. The Balaban J connectivity index is 0.00000506. The van der Waals surface area contributed by atoms with Gasteiger partial charge in [0.2, 0.25) is 0 Å². The maximum Gasteiger partial charge on any atom is 0.261 e. The van der Waals surface area contributed by atoms with Gasteiger partial charge in [-0.25, -0.2) is 0 Å². The number of hydrogen-bond acceptors (Lipinski definition) is 6. The molecular weight excluding hydrogens is 608 g/mol. The molecule has 0 aromatic heterocycles. The quantitative estimate of drug-likeness (QED) is 0.126. The van der Waals surface area contributed by atoms with Crippen molar-refractivity contribution in [2.45, 2.75) is 77.0 Å². The molecule has 0 spiro atoms. The number of nitrogens with one attached hydrogen (secondary N) is 2. The average molecular weight is 656 g/mol. The topological polar surface area (TPSA) is 98.8 Å². The van der Waals surface area contributed by atoms with E-state index >= 15 is 0 Å². The molecule has 43 heavy (non-hydrogen) atoms. The van der Waals surface area contributed by atoms with E-state index in [0.717, 1.165) is 51.9 Å². The van der Waals surface area contributed by atoms with Gasteiger partial charge >= 0.3 is 0 Å². The lowest BCUT2D eigenvalue weighted by Gasteiger charge is -2.13. The number of nitrogens with zero attached hydrogens (tertiary/aromatic N) is 2. The highest BCUT2D eigenvalue weighted by Crippen LogP contribution is 2.23. The van der Waals surface area contributed by atoms with Crippen molar-refractivity contribution in [2.75, 3.05) is 39.3 Å². The molecular formula is C34H47BrN4O4. The summed E-state index contributed by atoms with van der Waals surface area (Å²) in [6.07, 6.45) is 14.1. The van der Waals surface area contributed by atoms with Crippen molar-refractivity contribution in [3.63, 3.8) is 0 Å². The summed E-state index contributed by atoms with van der Waals surface area (Å²) < 4.78 is 0. The Labute approximate surface area is 266 Å². The zero-order valence-electron chi connectivity index (χ0n) is 25.3. The highest BCUT2D eigenvalue weighted by atomic mass is 79.9. The van der Waals surface area contributed by atoms with Crippen molar-refractivity contribution in [2.24, 2.45) is 0 Å². The van der Waals surface area contributed by atoms with Gasteiger partial charge in [0.25, 0.3) is 23.6 Å². The molecule has 0 atom stereocenters. The fraction of sp³-hybridized carbons (Fsp3) is 0.529. The van der Waals surface area contributed by atoms with Crippen LogP contribution in [0.1, 0.15) is 118 Å². The van der Waals surface area contributed by atoms with Crippen molar-refractivity contribution in [3.8, 4) is 0 Å². The van der Waals surface area contributed by atoms with Crippen LogP contribution in [-0.4, -0.2) is 72.7 Å². The largest absolute Gasteiger partial charge is 0.317 e. The second-order valence-electron chi connectivity index (χ2n) is 11.4. The third kappa shape index (κ3) is 9.81. The molecule has 0 aliphatic carbocycles. The Kier molecular flexibility index (Phi) is 15.1. The molecule has 0 fully saturated rings. The van der Waals surface area contributed by atoms with Crippen molar-refractivity contribution in [1.29, 1.82) is 0 Å². The van der Waals surface area contributed by atoms with Gasteiger partial charge in [-0.2, -0.15) is 0 Å². The first-order valence-electron chi connectivity index (χ1n) is 15.9. The van der Waals surface area contributed by atoms with Gasteiger partial charge < -0.3 is 10.6 Å². The third-order valence-corrected chi connectivity index (χ3v) is 8.18. The Morgan fingerprint density at radius 2 is 0.651 bits per heavy atom. The normalized spacial score (nSPS) is 14.0. The van der Waals surface area contributed by atoms with E-state index in [9.17, 15) is 19.2 Å². The highest BCUT2D eigenvalue weighted by Gasteiger charge is 2.35. The maximum atomic E-state index is 12.4. The smallest absolute Gasteiger partial charge is 0.261 e. The third-order valence-electron chi connectivity index (χ3n) is 8.18. The van der Waals surface area contributed by atoms with E-state index in [4.69, 9.17) is 0 Å². The Hall–Kier alpha value is -2.88. The lowest BCUT2D eigenvalue weighted by Crippen LogP contribution is -2.32. The molecule has 0 saturated carbocycles. The minimum Gasteiger partial charge on any atom is -0.317 e. The molecule has 234 valence electrons. The molecule has 2 aliphatic heterocycles. The summed E-state index contributed by atoms with van der Waals surface area (Å²) in [5.41, 5.74) is 2.10. The number of imide groups is 2. The van der Waals surface area contributed by atoms with Crippen LogP contribution in [-0.2, 0) is 0 Å². The number of unbranched alkanes of at least 4 members (excludes halogenated alkanes) is 9. The van der Waals surface area contributed by atoms with E-state index in [1.807, 2.05) is 0 Å². The van der Waals surface area contributed by atoms with Crippen LogP contribution in [0.25, 0.3) is 0 Å². The Bertz CT molecular complexity index is 1060. The molecule has 8 nitrogen and oxygen atoms in total. The number of rotatable bonds is 21. The number of amides is 4. The first-order valence-corrected chi connectivity index (χ1v) is 15.9. The second kappa shape index (κ2) is 18.7. The summed E-state index contributed by atoms with van der Waals surface area (Å²) in [6, 6.07) is 14.1. The van der Waals surface area contributed by atoms with Gasteiger partial charge in [0.15, 0.2) is 0 Å². The molecule has 0 saturated heterocycles. The summed E-state index contributed by atoms with van der Waals surface area (Å²) in [6.45, 7) is 4.55. The van der Waals surface area contributed by atoms with Gasteiger partial charge in [-0.15, -0.1) is 17.0 Å². The zero-order valence-corrected chi connectivity index (χ0v) is 27.0. The summed E-state index contributed by atoms with van der Waals surface area (Å²) in [4.78, 5) is 52.2. The van der Waals surface area contributed by atoms with Crippen molar-refractivity contribution < 1.29 is 19.2 Å². The second-order valence-corrected chi connectivity index (χ2v) is 11.4. The molecule has 0 bridgehead atoms. The fourth-order valence-electron chi connectivity index (χ4n) is 5.77. The first-order chi connectivity index (χ1) is 20.6. The van der Waals surface area contributed by atoms with Crippen LogP contribution in [0.4, 0.5) is 0 Å². The van der Waals surface area contributed by atoms with Crippen LogP contribution >= 0.6 is 17.0 Å². The van der Waals surface area contributed by atoms with Crippen LogP contribution in [0, 0.1) is 0 Å². The average Bonchev–Trinajstić information content (AvgIpc) is 3.40. The number of fused-ring (bicyclic) bond motifs is 2. The molecule has 2 aromatic carbocycles. The number of carbonyl (C=O) groups is 4. The Morgan fingerprint density at radius 1 is 0.395 bits per heavy atom. The predicted octanol–water partition coefficient (Wildman–Crippen LogP) is 6.02. The van der Waals surface area contributed by atoms with E-state index in [-0.39, 0.29) is 40.6 Å². The van der Waals surface area contributed by atoms with E-state index in [2.05, 4.69) is 10.6 Å². The summed E-state index contributed by atoms with van der Waals surface area (Å²) in [5, 5.41) is 6.89. The van der Waals surface area contributed by atoms with Gasteiger partial charge in [-0.1, -0.05) is 75.6 Å². The van der Waals surface area contributed by atoms with E-state index in [1.165, 1.54) is 61.2 Å². The standard InChI is InChI=1S/C34H46N4O4.BrH/c39-31-27-17-9-10-18-28(27)32(40)37(31)25-15-23-35-21-13-7-5-3-1-2-4-6-8-14-22-36-24-16-26-38-33(41)29-19-11-12-20-30(29)34(38)42;/h9-12,17-20,35-36H,1-8,13-16,21-26H2;1H. The molecule has 4 rings (SSSR count). The van der Waals surface area contributed by atoms with Gasteiger partial charge in [0.05, 0.1) is 22.3 Å². The minimum absolute atomic E-state index is 0. The summed E-state index contributed by atoms with van der Waals surface area (Å²) in [7, 11) is 0. The molecule has 2 heterocycles. The van der Waals surface area contributed by atoms with Crippen molar-refractivity contribution in [3.05, 3.63) is 70.8 Å². The molecule has 2 N–H and O–H groups in total. The lowest BCUT2D eigenvalue weighted by atomic mass is 10.1. The maximum absolute atomic E-state index is 12.4. The van der Waals surface area contributed by atoms with Crippen LogP contribution in [0.15, 0.2) is 48.5 Å². The molecule has 2 aromatic rings. The molecule has 4 amide bonds. The molecule has 0 unspecified atom stereocenters. The monoisotopic (exact) mass is 654 g/mol. The molecule has 0 radical (unpaired) electrons. The zero-order chi connectivity index (χ0) is 29.6. The Morgan fingerprint density at radius 3 is 0.953 bits per heavy atom. The fourth-order valence-corrected chi connectivity index (χ4v) is 5.77. The van der Waals surface area contributed by atoms with Gasteiger partial charge in [0, 0.05) is 13.1 Å². The van der Waals surface area contributed by atoms with Crippen LogP contribution in [0.2, 0.25) is 0 Å². The van der Waals surface area contributed by atoms with E-state index in [1.54, 1.807) is 48.5 Å². The highest BCUT2D eigenvalue weighted by molar-refractivity contribution is 8.93. The van der Waals surface area contributed by atoms with E-state index in [0.29, 0.717) is 35.3 Å². The predicted molar refractivity (Wildman–Crippen MR) is 175 cm³/mol. The first kappa shape index (κ1) is 34.6. The van der Waals surface area contributed by atoms with Crippen LogP contribution in [0.3, 0.4) is 0 Å². The van der Waals surface area contributed by atoms with Crippen LogP contribution < -0.4 is 10.6 Å². The number of hydrogen-bond donors (Lipinski definition) is 2. The SMILES string of the molecule is Br.O=C1c2ccccc2C(=O)N1CCCNCCCCCCCCCCCCNCCCN1C(=O)c2ccccc2C1=O. The van der Waals surface area contributed by atoms with Gasteiger partial charge in [-0.3, -0.25) is 29.0 Å². The van der Waals surface area contributed by atoms with Gasteiger partial charge in [0.1, 0.15) is 0 Å².